The minimum atomic E-state index is 1.11. The van der Waals surface area contributed by atoms with Crippen molar-refractivity contribution in [1.82, 2.24) is 0 Å². The van der Waals surface area contributed by atoms with Gasteiger partial charge < -0.3 is 5.73 Å². The van der Waals surface area contributed by atoms with Crippen molar-refractivity contribution in [3.05, 3.63) is 11.8 Å². The molecular weight excluding hydrogens is 110 g/mol. The van der Waals surface area contributed by atoms with E-state index in [4.69, 9.17) is 5.73 Å². The molecule has 1 nitrogen and oxygen atoms in total. The van der Waals surface area contributed by atoms with Crippen molar-refractivity contribution in [2.24, 2.45) is 5.73 Å². The molecule has 9 heavy (non-hydrogen) atoms. The average Bonchev–Trinajstić information content (AvgIpc) is 1.79. The molecule has 52 valence electrons. The Morgan fingerprint density at radius 2 is 1.89 bits per heavy atom. The SMILES string of the molecule is N/C1=C/CCCCCC1. The lowest BCUT2D eigenvalue weighted by Gasteiger charge is -2.05. The minimum absolute atomic E-state index is 1.11. The van der Waals surface area contributed by atoms with Gasteiger partial charge in [-0.1, -0.05) is 18.9 Å². The van der Waals surface area contributed by atoms with Gasteiger partial charge in [-0.05, 0) is 25.7 Å². The molecule has 1 aliphatic rings. The van der Waals surface area contributed by atoms with E-state index in [0.29, 0.717) is 0 Å². The van der Waals surface area contributed by atoms with Gasteiger partial charge in [0.1, 0.15) is 0 Å². The van der Waals surface area contributed by atoms with Crippen LogP contribution in [0, 0.1) is 0 Å². The average molecular weight is 125 g/mol. The Morgan fingerprint density at radius 1 is 1.11 bits per heavy atom. The molecule has 0 saturated heterocycles. The fourth-order valence-electron chi connectivity index (χ4n) is 1.22. The quantitative estimate of drug-likeness (QED) is 0.527. The molecule has 0 spiro atoms. The summed E-state index contributed by atoms with van der Waals surface area (Å²) < 4.78 is 0. The Balaban J connectivity index is 2.32. The Labute approximate surface area is 56.9 Å². The highest BCUT2D eigenvalue weighted by molar-refractivity contribution is 4.96. The molecule has 0 bridgehead atoms. The third-order valence-corrected chi connectivity index (χ3v) is 1.83. The smallest absolute Gasteiger partial charge is 0.00399 e. The first-order valence-electron chi connectivity index (χ1n) is 3.84. The van der Waals surface area contributed by atoms with Gasteiger partial charge in [-0.15, -0.1) is 0 Å². The van der Waals surface area contributed by atoms with Gasteiger partial charge in [0.25, 0.3) is 0 Å². The number of hydrogen-bond donors (Lipinski definition) is 1. The highest BCUT2D eigenvalue weighted by Crippen LogP contribution is 2.12. The summed E-state index contributed by atoms with van der Waals surface area (Å²) in [6.07, 6.45) is 9.90. The van der Waals surface area contributed by atoms with Crippen LogP contribution in [-0.2, 0) is 0 Å². The van der Waals surface area contributed by atoms with Crippen LogP contribution in [0.4, 0.5) is 0 Å². The molecule has 2 N–H and O–H groups in total. The predicted molar refractivity (Wildman–Crippen MR) is 40.0 cm³/mol. The van der Waals surface area contributed by atoms with Crippen molar-refractivity contribution in [3.63, 3.8) is 0 Å². The Morgan fingerprint density at radius 3 is 2.78 bits per heavy atom. The van der Waals surface area contributed by atoms with Crippen molar-refractivity contribution < 1.29 is 0 Å². The zero-order valence-corrected chi connectivity index (χ0v) is 5.90. The van der Waals surface area contributed by atoms with E-state index in [2.05, 4.69) is 6.08 Å². The summed E-state index contributed by atoms with van der Waals surface area (Å²) >= 11 is 0. The maximum atomic E-state index is 5.67. The van der Waals surface area contributed by atoms with E-state index in [0.717, 1.165) is 12.1 Å². The summed E-state index contributed by atoms with van der Waals surface area (Å²) in [5, 5.41) is 0. The molecule has 0 aliphatic heterocycles. The molecule has 0 amide bonds. The Kier molecular flexibility index (Phi) is 2.62. The predicted octanol–water partition coefficient (Wildman–Crippen LogP) is 2.18. The van der Waals surface area contributed by atoms with Crippen LogP contribution in [-0.4, -0.2) is 0 Å². The molecule has 0 heterocycles. The molecule has 1 rings (SSSR count). The highest BCUT2D eigenvalue weighted by atomic mass is 14.6. The maximum absolute atomic E-state index is 5.67. The monoisotopic (exact) mass is 125 g/mol. The van der Waals surface area contributed by atoms with E-state index in [1.54, 1.807) is 0 Å². The minimum Gasteiger partial charge on any atom is -0.402 e. The fourth-order valence-corrected chi connectivity index (χ4v) is 1.22. The normalized spacial score (nSPS) is 27.8. The van der Waals surface area contributed by atoms with Crippen LogP contribution in [0.2, 0.25) is 0 Å². The third-order valence-electron chi connectivity index (χ3n) is 1.83. The second-order valence-electron chi connectivity index (χ2n) is 2.73. The molecule has 0 aromatic heterocycles. The summed E-state index contributed by atoms with van der Waals surface area (Å²) in [7, 11) is 0. The van der Waals surface area contributed by atoms with Gasteiger partial charge in [0.15, 0.2) is 0 Å². The lowest BCUT2D eigenvalue weighted by atomic mass is 10.0. The molecule has 1 heteroatoms. The molecule has 0 radical (unpaired) electrons. The number of nitrogens with two attached hydrogens (primary N) is 1. The van der Waals surface area contributed by atoms with E-state index < -0.39 is 0 Å². The molecule has 0 unspecified atom stereocenters. The lowest BCUT2D eigenvalue weighted by Crippen LogP contribution is -1.98. The van der Waals surface area contributed by atoms with E-state index in [1.165, 1.54) is 32.1 Å². The molecule has 0 saturated carbocycles. The van der Waals surface area contributed by atoms with Gasteiger partial charge in [-0.2, -0.15) is 0 Å². The topological polar surface area (TPSA) is 26.0 Å². The lowest BCUT2D eigenvalue weighted by molar-refractivity contribution is 0.622. The summed E-state index contributed by atoms with van der Waals surface area (Å²) in [5.41, 5.74) is 6.77. The van der Waals surface area contributed by atoms with Crippen molar-refractivity contribution >= 4 is 0 Å². The van der Waals surface area contributed by atoms with Gasteiger partial charge in [0, 0.05) is 5.70 Å². The van der Waals surface area contributed by atoms with Crippen molar-refractivity contribution in [2.75, 3.05) is 0 Å². The number of rotatable bonds is 0. The van der Waals surface area contributed by atoms with Crippen molar-refractivity contribution in [2.45, 2.75) is 38.5 Å². The van der Waals surface area contributed by atoms with Gasteiger partial charge in [-0.3, -0.25) is 0 Å². The summed E-state index contributed by atoms with van der Waals surface area (Å²) in [4.78, 5) is 0. The van der Waals surface area contributed by atoms with Crippen LogP contribution in [0.25, 0.3) is 0 Å². The largest absolute Gasteiger partial charge is 0.402 e. The van der Waals surface area contributed by atoms with Gasteiger partial charge in [0.2, 0.25) is 0 Å². The molecular formula is C8H15N. The molecule has 0 aromatic rings. The molecule has 1 aliphatic carbocycles. The van der Waals surface area contributed by atoms with Gasteiger partial charge >= 0.3 is 0 Å². The second-order valence-corrected chi connectivity index (χ2v) is 2.73. The van der Waals surface area contributed by atoms with Crippen LogP contribution >= 0.6 is 0 Å². The van der Waals surface area contributed by atoms with E-state index >= 15 is 0 Å². The summed E-state index contributed by atoms with van der Waals surface area (Å²) in [6, 6.07) is 0. The Hall–Kier alpha value is -0.460. The Bertz CT molecular complexity index is 105. The first-order valence-corrected chi connectivity index (χ1v) is 3.84. The molecule has 0 aromatic carbocycles. The summed E-state index contributed by atoms with van der Waals surface area (Å²) in [5.74, 6) is 0. The van der Waals surface area contributed by atoms with E-state index in [-0.39, 0.29) is 0 Å². The number of allylic oxidation sites excluding steroid dienone is 2. The van der Waals surface area contributed by atoms with Crippen LogP contribution in [0.5, 0.6) is 0 Å². The number of hydrogen-bond acceptors (Lipinski definition) is 1. The van der Waals surface area contributed by atoms with Crippen LogP contribution in [0.1, 0.15) is 38.5 Å². The van der Waals surface area contributed by atoms with Crippen LogP contribution in [0.3, 0.4) is 0 Å². The second kappa shape index (κ2) is 3.54. The van der Waals surface area contributed by atoms with Crippen molar-refractivity contribution in [3.8, 4) is 0 Å². The zero-order valence-electron chi connectivity index (χ0n) is 5.90. The standard InChI is InChI=1S/C8H15N/c9-8-6-4-2-1-3-5-7-8/h6H,1-5,7,9H2/b8-6+. The first-order chi connectivity index (χ1) is 4.39. The third kappa shape index (κ3) is 2.54. The fraction of sp³-hybridized carbons (Fsp3) is 0.750. The van der Waals surface area contributed by atoms with Crippen molar-refractivity contribution in [1.29, 1.82) is 0 Å². The van der Waals surface area contributed by atoms with Gasteiger partial charge in [0.05, 0.1) is 0 Å². The summed E-state index contributed by atoms with van der Waals surface area (Å²) in [6.45, 7) is 0. The highest BCUT2D eigenvalue weighted by Gasteiger charge is 1.96. The van der Waals surface area contributed by atoms with E-state index in [9.17, 15) is 0 Å². The molecule has 0 atom stereocenters. The van der Waals surface area contributed by atoms with Gasteiger partial charge in [-0.25, -0.2) is 0 Å². The zero-order chi connectivity index (χ0) is 6.53. The first kappa shape index (κ1) is 6.66. The molecule has 0 fully saturated rings. The maximum Gasteiger partial charge on any atom is 0.00399 e. The van der Waals surface area contributed by atoms with Crippen LogP contribution in [0.15, 0.2) is 11.8 Å². The van der Waals surface area contributed by atoms with E-state index in [1.807, 2.05) is 0 Å². The van der Waals surface area contributed by atoms with Crippen LogP contribution < -0.4 is 5.73 Å².